The lowest BCUT2D eigenvalue weighted by molar-refractivity contribution is 0.213. The molecular weight excluding hydrogens is 281 g/mol. The van der Waals surface area contributed by atoms with Crippen molar-refractivity contribution in [2.24, 2.45) is 0 Å². The van der Waals surface area contributed by atoms with E-state index >= 15 is 0 Å². The molecule has 0 aromatic heterocycles. The third-order valence-corrected chi connectivity index (χ3v) is 5.27. The first-order valence-corrected chi connectivity index (χ1v) is 7.36. The van der Waals surface area contributed by atoms with Crippen LogP contribution in [0, 0.1) is 5.82 Å². The largest absolute Gasteiger partial charge is 0.395 e. The molecule has 1 aliphatic heterocycles. The summed E-state index contributed by atoms with van der Waals surface area (Å²) in [5, 5.41) is 8.93. The highest BCUT2D eigenvalue weighted by Gasteiger charge is 2.34. The average Bonchev–Trinajstić information content (AvgIpc) is 2.81. The van der Waals surface area contributed by atoms with Gasteiger partial charge in [0, 0.05) is 12.6 Å². The molecular formula is C11H13ClFNO3S. The molecule has 7 heteroatoms. The van der Waals surface area contributed by atoms with Crippen LogP contribution in [0.3, 0.4) is 0 Å². The van der Waals surface area contributed by atoms with Crippen molar-refractivity contribution in [3.05, 3.63) is 29.0 Å². The number of nitrogens with zero attached hydrogens (tertiary/aromatic N) is 1. The third kappa shape index (κ3) is 2.38. The van der Waals surface area contributed by atoms with Crippen molar-refractivity contribution < 1.29 is 17.9 Å². The zero-order chi connectivity index (χ0) is 13.3. The standard InChI is InChI=1S/C11H13ClFNO3S/c12-10-6-9(3-4-11(10)13)18(16,17)14-5-1-2-8(14)7-15/h3-4,6,8,15H,1-2,5,7H2/t8-/m1/s1. The van der Waals surface area contributed by atoms with E-state index in [0.717, 1.165) is 12.1 Å². The molecule has 0 spiro atoms. The van der Waals surface area contributed by atoms with Crippen molar-refractivity contribution in [3.8, 4) is 0 Å². The van der Waals surface area contributed by atoms with E-state index in [2.05, 4.69) is 0 Å². The molecule has 0 unspecified atom stereocenters. The van der Waals surface area contributed by atoms with Crippen LogP contribution in [0.15, 0.2) is 23.1 Å². The second-order valence-corrected chi connectivity index (χ2v) is 6.47. The van der Waals surface area contributed by atoms with Gasteiger partial charge in [0.1, 0.15) is 5.82 Å². The lowest BCUT2D eigenvalue weighted by atomic mass is 10.2. The first-order valence-electron chi connectivity index (χ1n) is 5.54. The highest BCUT2D eigenvalue weighted by molar-refractivity contribution is 7.89. The Balaban J connectivity index is 2.38. The number of aliphatic hydroxyl groups is 1. The fourth-order valence-electron chi connectivity index (χ4n) is 2.08. The Hall–Kier alpha value is -0.690. The summed E-state index contributed by atoms with van der Waals surface area (Å²) in [6.45, 7) is 0.150. The maximum atomic E-state index is 13.0. The van der Waals surface area contributed by atoms with Gasteiger partial charge in [0.25, 0.3) is 0 Å². The van der Waals surface area contributed by atoms with Crippen molar-refractivity contribution in [2.75, 3.05) is 13.2 Å². The number of halogens is 2. The summed E-state index contributed by atoms with van der Waals surface area (Å²) in [6.07, 6.45) is 1.34. The number of rotatable bonds is 3. The van der Waals surface area contributed by atoms with Crippen LogP contribution >= 0.6 is 11.6 Å². The lowest BCUT2D eigenvalue weighted by Crippen LogP contribution is -2.37. The zero-order valence-corrected chi connectivity index (χ0v) is 11.1. The Morgan fingerprint density at radius 1 is 1.50 bits per heavy atom. The second-order valence-electron chi connectivity index (χ2n) is 4.17. The molecule has 1 fully saturated rings. The molecule has 4 nitrogen and oxygen atoms in total. The van der Waals surface area contributed by atoms with E-state index < -0.39 is 21.9 Å². The van der Waals surface area contributed by atoms with Gasteiger partial charge in [0.05, 0.1) is 16.5 Å². The smallest absolute Gasteiger partial charge is 0.243 e. The van der Waals surface area contributed by atoms with Gasteiger partial charge in [-0.1, -0.05) is 11.6 Å². The third-order valence-electron chi connectivity index (χ3n) is 3.03. The maximum absolute atomic E-state index is 13.0. The molecule has 0 saturated carbocycles. The maximum Gasteiger partial charge on any atom is 0.243 e. The first kappa shape index (κ1) is 13.7. The van der Waals surface area contributed by atoms with E-state index in [1.54, 1.807) is 0 Å². The molecule has 0 aliphatic carbocycles. The molecule has 1 atom stereocenters. The van der Waals surface area contributed by atoms with Crippen molar-refractivity contribution in [3.63, 3.8) is 0 Å². The predicted octanol–water partition coefficient (Wildman–Crippen LogP) is 1.62. The highest BCUT2D eigenvalue weighted by atomic mass is 35.5. The molecule has 100 valence electrons. The first-order chi connectivity index (χ1) is 8.46. The Bertz CT molecular complexity index is 549. The Kier molecular flexibility index (Phi) is 3.91. The van der Waals surface area contributed by atoms with Gasteiger partial charge >= 0.3 is 0 Å². The van der Waals surface area contributed by atoms with Gasteiger partial charge in [-0.05, 0) is 31.0 Å². The quantitative estimate of drug-likeness (QED) is 0.921. The van der Waals surface area contributed by atoms with Gasteiger partial charge in [-0.2, -0.15) is 4.31 Å². The molecule has 1 aromatic carbocycles. The van der Waals surface area contributed by atoms with E-state index in [1.165, 1.54) is 10.4 Å². The summed E-state index contributed by atoms with van der Waals surface area (Å²) < 4.78 is 38.9. The van der Waals surface area contributed by atoms with E-state index in [9.17, 15) is 12.8 Å². The number of hydrogen-bond acceptors (Lipinski definition) is 3. The molecule has 0 amide bonds. The Labute approximate surface area is 110 Å². The molecule has 0 radical (unpaired) electrons. The molecule has 1 aliphatic rings. The molecule has 1 saturated heterocycles. The fraction of sp³-hybridized carbons (Fsp3) is 0.455. The van der Waals surface area contributed by atoms with E-state index in [-0.39, 0.29) is 16.5 Å². The number of sulfonamides is 1. The topological polar surface area (TPSA) is 57.6 Å². The summed E-state index contributed by atoms with van der Waals surface area (Å²) in [4.78, 5) is -0.0470. The molecule has 18 heavy (non-hydrogen) atoms. The van der Waals surface area contributed by atoms with Crippen molar-refractivity contribution in [1.29, 1.82) is 0 Å². The Morgan fingerprint density at radius 3 is 2.83 bits per heavy atom. The van der Waals surface area contributed by atoms with Crippen LogP contribution in [0.4, 0.5) is 4.39 Å². The van der Waals surface area contributed by atoms with E-state index in [4.69, 9.17) is 16.7 Å². The fourth-order valence-corrected chi connectivity index (χ4v) is 4.04. The summed E-state index contributed by atoms with van der Waals surface area (Å²) in [6, 6.07) is 2.90. The minimum absolute atomic E-state index is 0.0470. The summed E-state index contributed by atoms with van der Waals surface area (Å²) in [7, 11) is -3.72. The van der Waals surface area contributed by atoms with Gasteiger partial charge in [-0.3, -0.25) is 0 Å². The van der Waals surface area contributed by atoms with Gasteiger partial charge in [-0.25, -0.2) is 12.8 Å². The van der Waals surface area contributed by atoms with Gasteiger partial charge in [-0.15, -0.1) is 0 Å². The SMILES string of the molecule is O=S(=O)(c1ccc(F)c(Cl)c1)N1CCC[C@@H]1CO. The zero-order valence-electron chi connectivity index (χ0n) is 9.51. The van der Waals surface area contributed by atoms with Crippen molar-refractivity contribution in [2.45, 2.75) is 23.8 Å². The predicted molar refractivity (Wildman–Crippen MR) is 65.4 cm³/mol. The normalized spacial score (nSPS) is 21.4. The van der Waals surface area contributed by atoms with Crippen LogP contribution < -0.4 is 0 Å². The van der Waals surface area contributed by atoms with Crippen LogP contribution in [-0.2, 0) is 10.0 Å². The Morgan fingerprint density at radius 2 is 2.22 bits per heavy atom. The van der Waals surface area contributed by atoms with Crippen molar-refractivity contribution >= 4 is 21.6 Å². The van der Waals surface area contributed by atoms with Crippen LogP contribution in [0.25, 0.3) is 0 Å². The lowest BCUT2D eigenvalue weighted by Gasteiger charge is -2.22. The van der Waals surface area contributed by atoms with E-state index in [1.807, 2.05) is 0 Å². The number of benzene rings is 1. The van der Waals surface area contributed by atoms with Gasteiger partial charge in [0.15, 0.2) is 0 Å². The van der Waals surface area contributed by atoms with Gasteiger partial charge < -0.3 is 5.11 Å². The molecule has 0 bridgehead atoms. The van der Waals surface area contributed by atoms with Crippen LogP contribution in [0.5, 0.6) is 0 Å². The minimum atomic E-state index is -3.72. The molecule has 1 heterocycles. The van der Waals surface area contributed by atoms with Crippen LogP contribution in [-0.4, -0.2) is 37.0 Å². The van der Waals surface area contributed by atoms with Crippen molar-refractivity contribution in [1.82, 2.24) is 4.31 Å². The summed E-state index contributed by atoms with van der Waals surface area (Å²) >= 11 is 5.59. The summed E-state index contributed by atoms with van der Waals surface area (Å²) in [5.74, 6) is -0.657. The van der Waals surface area contributed by atoms with E-state index in [0.29, 0.717) is 19.4 Å². The van der Waals surface area contributed by atoms with Crippen LogP contribution in [0.1, 0.15) is 12.8 Å². The highest BCUT2D eigenvalue weighted by Crippen LogP contribution is 2.27. The molecule has 1 N–H and O–H groups in total. The minimum Gasteiger partial charge on any atom is -0.395 e. The molecule has 1 aromatic rings. The summed E-state index contributed by atoms with van der Waals surface area (Å²) in [5.41, 5.74) is 0. The number of hydrogen-bond donors (Lipinski definition) is 1. The van der Waals surface area contributed by atoms with Crippen LogP contribution in [0.2, 0.25) is 5.02 Å². The molecule has 2 rings (SSSR count). The number of aliphatic hydroxyl groups excluding tert-OH is 1. The van der Waals surface area contributed by atoms with Gasteiger partial charge in [0.2, 0.25) is 10.0 Å². The monoisotopic (exact) mass is 293 g/mol. The second kappa shape index (κ2) is 5.13. The average molecular weight is 294 g/mol.